The van der Waals surface area contributed by atoms with E-state index in [2.05, 4.69) is 12.2 Å². The van der Waals surface area contributed by atoms with Gasteiger partial charge in [-0.2, -0.15) is 0 Å². The van der Waals surface area contributed by atoms with E-state index in [9.17, 15) is 18.0 Å². The summed E-state index contributed by atoms with van der Waals surface area (Å²) in [5.41, 5.74) is 1.53. The topological polar surface area (TPSA) is 105 Å². The third kappa shape index (κ3) is 8.37. The maximum absolute atomic E-state index is 13.3. The normalized spacial score (nSPS) is 13.4. The zero-order valence-corrected chi connectivity index (χ0v) is 23.3. The summed E-state index contributed by atoms with van der Waals surface area (Å²) in [6.45, 7) is 5.71. The lowest BCUT2D eigenvalue weighted by molar-refractivity contribution is -0.139. The van der Waals surface area contributed by atoms with Gasteiger partial charge in [-0.15, -0.1) is 0 Å². The molecule has 0 radical (unpaired) electrons. The molecule has 1 heterocycles. The second kappa shape index (κ2) is 14.0. The Morgan fingerprint density at radius 2 is 1.71 bits per heavy atom. The van der Waals surface area contributed by atoms with Crippen LogP contribution in [-0.2, 0) is 26.0 Å². The molecular formula is C28H39N3O6S. The number of rotatable bonds is 14. The van der Waals surface area contributed by atoms with E-state index in [1.165, 1.54) is 4.31 Å². The maximum Gasteiger partial charge on any atom is 0.242 e. The number of hydrogen-bond donors (Lipinski definition) is 1. The average Bonchev–Trinajstić information content (AvgIpc) is 2.90. The van der Waals surface area contributed by atoms with Crippen LogP contribution in [0.3, 0.4) is 0 Å². The van der Waals surface area contributed by atoms with Gasteiger partial charge in [0.2, 0.25) is 21.8 Å². The highest BCUT2D eigenvalue weighted by Gasteiger charge is 2.26. The van der Waals surface area contributed by atoms with Crippen molar-refractivity contribution in [2.75, 3.05) is 43.4 Å². The number of sulfonamides is 1. The van der Waals surface area contributed by atoms with E-state index in [-0.39, 0.29) is 24.8 Å². The zero-order valence-electron chi connectivity index (χ0n) is 22.5. The van der Waals surface area contributed by atoms with Gasteiger partial charge < -0.3 is 19.7 Å². The van der Waals surface area contributed by atoms with Gasteiger partial charge in [0.05, 0.1) is 11.9 Å². The molecule has 0 saturated heterocycles. The Balaban J connectivity index is 1.67. The van der Waals surface area contributed by atoms with Crippen LogP contribution in [0.5, 0.6) is 11.5 Å². The minimum Gasteiger partial charge on any atom is -0.486 e. The fraction of sp³-hybridized carbons (Fsp3) is 0.500. The van der Waals surface area contributed by atoms with Gasteiger partial charge in [-0.1, -0.05) is 43.7 Å². The fourth-order valence-electron chi connectivity index (χ4n) is 4.30. The summed E-state index contributed by atoms with van der Waals surface area (Å²) in [6.07, 6.45) is 4.00. The van der Waals surface area contributed by atoms with Crippen LogP contribution in [-0.4, -0.2) is 70.3 Å². The van der Waals surface area contributed by atoms with Crippen molar-refractivity contribution >= 4 is 27.5 Å². The van der Waals surface area contributed by atoms with Crippen molar-refractivity contribution in [3.8, 4) is 11.5 Å². The Morgan fingerprint density at radius 1 is 1.00 bits per heavy atom. The van der Waals surface area contributed by atoms with E-state index in [0.29, 0.717) is 56.3 Å². The first-order chi connectivity index (χ1) is 18.2. The Bertz CT molecular complexity index is 1170. The summed E-state index contributed by atoms with van der Waals surface area (Å²) in [5.74, 6) is 0.695. The molecule has 2 aromatic carbocycles. The van der Waals surface area contributed by atoms with Gasteiger partial charge in [-0.05, 0) is 43.9 Å². The molecule has 2 amide bonds. The molecule has 1 aliphatic rings. The number of unbranched alkanes of at least 4 members (excludes halogenated alkanes) is 1. The number of amides is 2. The van der Waals surface area contributed by atoms with Gasteiger partial charge in [0.25, 0.3) is 0 Å². The molecule has 3 rings (SSSR count). The monoisotopic (exact) mass is 545 g/mol. The van der Waals surface area contributed by atoms with E-state index < -0.39 is 16.1 Å². The molecule has 0 saturated carbocycles. The number of nitrogens with zero attached hydrogens (tertiary/aromatic N) is 2. The van der Waals surface area contributed by atoms with E-state index in [4.69, 9.17) is 9.47 Å². The number of ether oxygens (including phenoxy) is 2. The Labute approximate surface area is 226 Å². The molecule has 2 aromatic rings. The third-order valence-electron chi connectivity index (χ3n) is 6.45. The van der Waals surface area contributed by atoms with Gasteiger partial charge in [0.15, 0.2) is 11.5 Å². The maximum atomic E-state index is 13.3. The predicted octanol–water partition coefficient (Wildman–Crippen LogP) is 3.38. The molecule has 0 aliphatic carbocycles. The lowest BCUT2D eigenvalue weighted by Crippen LogP contribution is -2.49. The standard InChI is InChI=1S/C28H39N3O6S/c1-4-5-16-29-28(33)22(2)30(18-15-23-10-7-6-8-11-23)27(32)12-9-17-31(38(3,34)35)24-13-14-25-26(21-24)37-20-19-36-25/h6-8,10-11,13-14,21-22H,4-5,9,12,15-20H2,1-3H3,(H,29,33)/t22-/m0/s1. The summed E-state index contributed by atoms with van der Waals surface area (Å²) < 4.78 is 37.6. The molecule has 0 aromatic heterocycles. The molecule has 208 valence electrons. The van der Waals surface area contributed by atoms with Gasteiger partial charge in [0, 0.05) is 32.1 Å². The SMILES string of the molecule is CCCCNC(=O)[C@H](C)N(CCc1ccccc1)C(=O)CCCN(c1ccc2c(c1)OCCO2)S(C)(=O)=O. The van der Waals surface area contributed by atoms with E-state index in [1.807, 2.05) is 30.3 Å². The van der Waals surface area contributed by atoms with Gasteiger partial charge in [-0.3, -0.25) is 13.9 Å². The van der Waals surface area contributed by atoms with Crippen molar-refractivity contribution in [1.29, 1.82) is 0 Å². The van der Waals surface area contributed by atoms with Crippen molar-refractivity contribution in [3.05, 3.63) is 54.1 Å². The van der Waals surface area contributed by atoms with Gasteiger partial charge >= 0.3 is 0 Å². The third-order valence-corrected chi connectivity index (χ3v) is 7.64. The first-order valence-electron chi connectivity index (χ1n) is 13.2. The van der Waals surface area contributed by atoms with Crippen molar-refractivity contribution in [1.82, 2.24) is 10.2 Å². The Kier molecular flexibility index (Phi) is 10.8. The van der Waals surface area contributed by atoms with Gasteiger partial charge in [-0.25, -0.2) is 8.42 Å². The number of anilines is 1. The van der Waals surface area contributed by atoms with Crippen molar-refractivity contribution < 1.29 is 27.5 Å². The minimum atomic E-state index is -3.60. The van der Waals surface area contributed by atoms with Crippen LogP contribution in [0.2, 0.25) is 0 Å². The summed E-state index contributed by atoms with van der Waals surface area (Å²) in [5, 5.41) is 2.92. The highest BCUT2D eigenvalue weighted by Crippen LogP contribution is 2.34. The van der Waals surface area contributed by atoms with E-state index in [1.54, 1.807) is 30.0 Å². The summed E-state index contributed by atoms with van der Waals surface area (Å²) in [4.78, 5) is 27.7. The smallest absolute Gasteiger partial charge is 0.242 e. The van der Waals surface area contributed by atoms with E-state index in [0.717, 1.165) is 24.7 Å². The largest absolute Gasteiger partial charge is 0.486 e. The highest BCUT2D eigenvalue weighted by molar-refractivity contribution is 7.92. The average molecular weight is 546 g/mol. The number of hydrogen-bond acceptors (Lipinski definition) is 6. The molecule has 10 heteroatoms. The lowest BCUT2D eigenvalue weighted by Gasteiger charge is -2.29. The van der Waals surface area contributed by atoms with Crippen LogP contribution in [0.25, 0.3) is 0 Å². The zero-order chi connectivity index (χ0) is 27.5. The van der Waals surface area contributed by atoms with Crippen LogP contribution in [0.4, 0.5) is 5.69 Å². The minimum absolute atomic E-state index is 0.109. The summed E-state index contributed by atoms with van der Waals surface area (Å²) >= 11 is 0. The Morgan fingerprint density at radius 3 is 2.39 bits per heavy atom. The second-order valence-corrected chi connectivity index (χ2v) is 11.3. The first kappa shape index (κ1) is 29.3. The van der Waals surface area contributed by atoms with Gasteiger partial charge in [0.1, 0.15) is 19.3 Å². The number of benzene rings is 2. The second-order valence-electron chi connectivity index (χ2n) is 9.41. The molecule has 1 N–H and O–H groups in total. The van der Waals surface area contributed by atoms with Crippen LogP contribution >= 0.6 is 0 Å². The molecule has 1 aliphatic heterocycles. The molecule has 0 fully saturated rings. The number of carbonyl (C=O) groups is 2. The molecule has 38 heavy (non-hydrogen) atoms. The van der Waals surface area contributed by atoms with Crippen LogP contribution in [0, 0.1) is 0 Å². The summed E-state index contributed by atoms with van der Waals surface area (Å²) in [6, 6.07) is 14.2. The fourth-order valence-corrected chi connectivity index (χ4v) is 5.25. The highest BCUT2D eigenvalue weighted by atomic mass is 32.2. The predicted molar refractivity (Wildman–Crippen MR) is 148 cm³/mol. The molecule has 0 spiro atoms. The molecular weight excluding hydrogens is 506 g/mol. The lowest BCUT2D eigenvalue weighted by atomic mass is 10.1. The van der Waals surface area contributed by atoms with Crippen molar-refractivity contribution in [2.45, 2.75) is 52.0 Å². The number of fused-ring (bicyclic) bond motifs is 1. The van der Waals surface area contributed by atoms with Crippen molar-refractivity contribution in [2.24, 2.45) is 0 Å². The van der Waals surface area contributed by atoms with Crippen LogP contribution in [0.15, 0.2) is 48.5 Å². The quantitative estimate of drug-likeness (QED) is 0.365. The number of carbonyl (C=O) groups excluding carboxylic acids is 2. The van der Waals surface area contributed by atoms with E-state index >= 15 is 0 Å². The molecule has 0 bridgehead atoms. The molecule has 9 nitrogen and oxygen atoms in total. The first-order valence-corrected chi connectivity index (χ1v) is 15.0. The van der Waals surface area contributed by atoms with Crippen LogP contribution < -0.4 is 19.1 Å². The Hall–Kier alpha value is -3.27. The van der Waals surface area contributed by atoms with Crippen LogP contribution in [0.1, 0.15) is 45.1 Å². The summed E-state index contributed by atoms with van der Waals surface area (Å²) in [7, 11) is -3.60. The molecule has 1 atom stereocenters. The number of nitrogens with one attached hydrogen (secondary N) is 1. The van der Waals surface area contributed by atoms with Crippen molar-refractivity contribution in [3.63, 3.8) is 0 Å². The molecule has 0 unspecified atom stereocenters.